The summed E-state index contributed by atoms with van der Waals surface area (Å²) in [6.45, 7) is 0. The Labute approximate surface area is 313 Å². The number of para-hydroxylation sites is 1. The molecule has 0 N–H and O–H groups in total. The first kappa shape index (κ1) is 31.5. The van der Waals surface area contributed by atoms with E-state index in [-0.39, 0.29) is 6.17 Å². The molecule has 1 aliphatic rings. The lowest BCUT2D eigenvalue weighted by Crippen LogP contribution is -2.35. The van der Waals surface area contributed by atoms with E-state index in [0.717, 1.165) is 89.3 Å². The van der Waals surface area contributed by atoms with Gasteiger partial charge in [-0.2, -0.15) is 0 Å². The number of imidazole rings is 1. The Kier molecular flexibility index (Phi) is 7.65. The van der Waals surface area contributed by atoms with Gasteiger partial charge in [0.1, 0.15) is 17.8 Å². The van der Waals surface area contributed by atoms with Crippen LogP contribution >= 0.6 is 0 Å². The summed E-state index contributed by atoms with van der Waals surface area (Å²) in [5.41, 5.74) is 10.5. The molecule has 1 aliphatic heterocycles. The highest BCUT2D eigenvalue weighted by molar-refractivity contribution is 6.23. The maximum Gasteiger partial charge on any atom is 0.159 e. The van der Waals surface area contributed by atoms with Crippen molar-refractivity contribution < 1.29 is 0 Å². The molecule has 2 aromatic heterocycles. The first-order valence-corrected chi connectivity index (χ1v) is 18.2. The summed E-state index contributed by atoms with van der Waals surface area (Å²) in [6.07, 6.45) is 1.67. The Balaban J connectivity index is 1.04. The molecule has 6 nitrogen and oxygen atoms in total. The summed E-state index contributed by atoms with van der Waals surface area (Å²) in [4.78, 5) is 22.6. The fourth-order valence-corrected chi connectivity index (χ4v) is 7.65. The number of pyridine rings is 1. The van der Waals surface area contributed by atoms with Gasteiger partial charge in [0.25, 0.3) is 0 Å². The highest BCUT2D eigenvalue weighted by Gasteiger charge is 2.26. The minimum absolute atomic E-state index is 0.187. The van der Waals surface area contributed by atoms with E-state index in [9.17, 15) is 0 Å². The van der Waals surface area contributed by atoms with Crippen LogP contribution in [0.25, 0.3) is 60.9 Å². The van der Waals surface area contributed by atoms with Crippen LogP contribution in [0.3, 0.4) is 0 Å². The number of amidine groups is 2. The molecule has 7 aromatic carbocycles. The third kappa shape index (κ3) is 5.35. The maximum atomic E-state index is 5.36. The van der Waals surface area contributed by atoms with Gasteiger partial charge in [0.05, 0.1) is 16.6 Å². The third-order valence-corrected chi connectivity index (χ3v) is 10.3. The fraction of sp³-hybridized carbons (Fsp3) is 0.0417. The van der Waals surface area contributed by atoms with Crippen LogP contribution in [0.15, 0.2) is 192 Å². The zero-order chi connectivity index (χ0) is 36.0. The summed E-state index contributed by atoms with van der Waals surface area (Å²) in [5.74, 6) is 2.51. The highest BCUT2D eigenvalue weighted by Crippen LogP contribution is 2.39. The molecule has 9 aromatic rings. The molecular weight excluding hydrogens is 661 g/mol. The summed E-state index contributed by atoms with van der Waals surface area (Å²) >= 11 is 0. The molecule has 54 heavy (non-hydrogen) atoms. The summed E-state index contributed by atoms with van der Waals surface area (Å²) in [5, 5.41) is 3.29. The van der Waals surface area contributed by atoms with Crippen molar-refractivity contribution in [3.63, 3.8) is 0 Å². The van der Waals surface area contributed by atoms with E-state index in [2.05, 4.69) is 162 Å². The van der Waals surface area contributed by atoms with Gasteiger partial charge in [-0.25, -0.2) is 15.0 Å². The zero-order valence-corrected chi connectivity index (χ0v) is 29.6. The van der Waals surface area contributed by atoms with Crippen LogP contribution in [0.4, 0.5) is 0 Å². The largest absolute Gasteiger partial charge is 0.333 e. The molecule has 6 heteroatoms. The second-order valence-corrected chi connectivity index (χ2v) is 13.6. The van der Waals surface area contributed by atoms with Gasteiger partial charge in [0.15, 0.2) is 5.84 Å². The lowest BCUT2D eigenvalue weighted by atomic mass is 10.0. The molecule has 1 unspecified atom stereocenters. The minimum atomic E-state index is -0.187. The number of aliphatic imine (C=N–C) groups is 2. The monoisotopic (exact) mass is 694 g/mol. The Hall–Kier alpha value is -7.18. The average molecular weight is 695 g/mol. The van der Waals surface area contributed by atoms with Gasteiger partial charge in [0.2, 0.25) is 0 Å². The van der Waals surface area contributed by atoms with Crippen molar-refractivity contribution >= 4 is 44.4 Å². The maximum absolute atomic E-state index is 5.36. The number of fused-ring (bicyclic) bond motifs is 6. The molecule has 0 amide bonds. The van der Waals surface area contributed by atoms with Crippen molar-refractivity contribution in [2.75, 3.05) is 7.05 Å². The highest BCUT2D eigenvalue weighted by atomic mass is 15.3. The lowest BCUT2D eigenvalue weighted by molar-refractivity contribution is 0.383. The topological polar surface area (TPSA) is 58.7 Å². The number of hydrogen-bond donors (Lipinski definition) is 0. The predicted octanol–water partition coefficient (Wildman–Crippen LogP) is 10.9. The molecule has 0 radical (unpaired) electrons. The van der Waals surface area contributed by atoms with E-state index in [1.807, 2.05) is 36.5 Å². The van der Waals surface area contributed by atoms with Crippen molar-refractivity contribution in [2.24, 2.45) is 9.98 Å². The molecular formula is C48H34N6. The van der Waals surface area contributed by atoms with Crippen LogP contribution in [0.2, 0.25) is 0 Å². The van der Waals surface area contributed by atoms with Crippen molar-refractivity contribution in [3.05, 3.63) is 199 Å². The van der Waals surface area contributed by atoms with Gasteiger partial charge < -0.3 is 4.90 Å². The molecule has 10 rings (SSSR count). The van der Waals surface area contributed by atoms with Gasteiger partial charge in [-0.15, -0.1) is 0 Å². The number of rotatable bonds is 6. The van der Waals surface area contributed by atoms with Gasteiger partial charge in [-0.1, -0.05) is 152 Å². The van der Waals surface area contributed by atoms with Gasteiger partial charge in [-0.05, 0) is 41.0 Å². The summed E-state index contributed by atoms with van der Waals surface area (Å²) in [6, 6.07) is 61.1. The Bertz CT molecular complexity index is 2860. The van der Waals surface area contributed by atoms with Crippen molar-refractivity contribution in [3.8, 4) is 28.2 Å². The number of nitrogens with zero attached hydrogens (tertiary/aromatic N) is 6. The van der Waals surface area contributed by atoms with Gasteiger partial charge in [0, 0.05) is 51.8 Å². The van der Waals surface area contributed by atoms with E-state index in [4.69, 9.17) is 20.0 Å². The normalized spacial score (nSPS) is 14.4. The molecule has 256 valence electrons. The summed E-state index contributed by atoms with van der Waals surface area (Å²) in [7, 11) is 2.06. The molecule has 0 spiro atoms. The predicted molar refractivity (Wildman–Crippen MR) is 221 cm³/mol. The SMILES string of the molecule is CN1C(c2ccccc2)=NC(c2ccc(-c3ccc(-c4nc5c6cccnc6c6ccccc6c5n4-c4ccccc4)cc3)cc2)=NC1c1ccccc1. The lowest BCUT2D eigenvalue weighted by Gasteiger charge is -2.32. The van der Waals surface area contributed by atoms with E-state index in [0.29, 0.717) is 0 Å². The van der Waals surface area contributed by atoms with E-state index in [1.54, 1.807) is 0 Å². The molecule has 0 fully saturated rings. The quantitative estimate of drug-likeness (QED) is 0.163. The van der Waals surface area contributed by atoms with Crippen LogP contribution in [-0.2, 0) is 0 Å². The Morgan fingerprint density at radius 2 is 1.06 bits per heavy atom. The van der Waals surface area contributed by atoms with Crippen LogP contribution in [0.1, 0.15) is 22.9 Å². The molecule has 0 bridgehead atoms. The molecule has 3 heterocycles. The first-order chi connectivity index (χ1) is 26.7. The van der Waals surface area contributed by atoms with Crippen molar-refractivity contribution in [1.29, 1.82) is 0 Å². The van der Waals surface area contributed by atoms with E-state index >= 15 is 0 Å². The molecule has 0 aliphatic carbocycles. The molecule has 0 saturated heterocycles. The number of hydrogen-bond acceptors (Lipinski definition) is 5. The van der Waals surface area contributed by atoms with Crippen molar-refractivity contribution in [2.45, 2.75) is 6.17 Å². The second-order valence-electron chi connectivity index (χ2n) is 13.6. The van der Waals surface area contributed by atoms with Crippen molar-refractivity contribution in [1.82, 2.24) is 19.4 Å². The zero-order valence-electron chi connectivity index (χ0n) is 29.6. The van der Waals surface area contributed by atoms with Crippen LogP contribution in [-0.4, -0.2) is 38.2 Å². The van der Waals surface area contributed by atoms with Crippen LogP contribution in [0, 0.1) is 0 Å². The van der Waals surface area contributed by atoms with Crippen LogP contribution < -0.4 is 0 Å². The second kappa shape index (κ2) is 13.1. The van der Waals surface area contributed by atoms with E-state index in [1.165, 1.54) is 0 Å². The van der Waals surface area contributed by atoms with Crippen LogP contribution in [0.5, 0.6) is 0 Å². The Morgan fingerprint density at radius 3 is 1.76 bits per heavy atom. The number of aromatic nitrogens is 3. The number of benzene rings is 7. The fourth-order valence-electron chi connectivity index (χ4n) is 7.65. The summed E-state index contributed by atoms with van der Waals surface area (Å²) < 4.78 is 2.29. The molecule has 1 atom stereocenters. The van der Waals surface area contributed by atoms with Gasteiger partial charge >= 0.3 is 0 Å². The Morgan fingerprint density at radius 1 is 0.481 bits per heavy atom. The minimum Gasteiger partial charge on any atom is -0.333 e. The molecule has 0 saturated carbocycles. The third-order valence-electron chi connectivity index (χ3n) is 10.3. The standard InChI is InChI=1S/C48H34N6/c1-53-46(35-14-5-2-6-15-35)51-45(52-47(53)36-16-7-3-8-17-36)34-27-23-32(24-28-34)33-25-29-37(30-26-33)48-50-43-41-22-13-31-49-42(41)39-20-11-12-21-40(39)44(43)54(48)38-18-9-4-10-19-38/h2-31,46H,1H3. The van der Waals surface area contributed by atoms with E-state index < -0.39 is 0 Å². The smallest absolute Gasteiger partial charge is 0.159 e. The average Bonchev–Trinajstić information content (AvgIpc) is 3.66. The first-order valence-electron chi connectivity index (χ1n) is 18.2. The van der Waals surface area contributed by atoms with Gasteiger partial charge in [-0.3, -0.25) is 9.55 Å².